The first-order valence-corrected chi connectivity index (χ1v) is 6.53. The van der Waals surface area contributed by atoms with Gasteiger partial charge in [0.1, 0.15) is 0 Å². The molecule has 1 rings (SSSR count). The Balaban J connectivity index is 2.10. The molecule has 1 fully saturated rings. The quantitative estimate of drug-likeness (QED) is 0.711. The highest BCUT2D eigenvalue weighted by molar-refractivity contribution is 4.80. The predicted molar refractivity (Wildman–Crippen MR) is 64.9 cm³/mol. The molecule has 0 bridgehead atoms. The van der Waals surface area contributed by atoms with Crippen molar-refractivity contribution < 1.29 is 5.11 Å². The third-order valence-electron chi connectivity index (χ3n) is 3.62. The summed E-state index contributed by atoms with van der Waals surface area (Å²) in [6.45, 7) is 7.44. The zero-order valence-corrected chi connectivity index (χ0v) is 10.5. The predicted octanol–water partition coefficient (Wildman–Crippen LogP) is 2.56. The van der Waals surface area contributed by atoms with Crippen molar-refractivity contribution in [1.29, 1.82) is 0 Å². The molecule has 1 saturated carbocycles. The van der Waals surface area contributed by atoms with E-state index in [2.05, 4.69) is 19.2 Å². The molecular formula is C13H27NO. The average molecular weight is 213 g/mol. The molecule has 1 aliphatic rings. The van der Waals surface area contributed by atoms with Crippen LogP contribution in [0.4, 0.5) is 0 Å². The van der Waals surface area contributed by atoms with Gasteiger partial charge in [-0.3, -0.25) is 0 Å². The standard InChI is InChI=1S/C13H27NO/c1-4-12-5-6-13(8-12)14-9-10(2)7-11(3)15/h10-15H,4-9H2,1-3H3. The Morgan fingerprint density at radius 2 is 2.07 bits per heavy atom. The van der Waals surface area contributed by atoms with Gasteiger partial charge >= 0.3 is 0 Å². The van der Waals surface area contributed by atoms with E-state index in [-0.39, 0.29) is 6.10 Å². The fourth-order valence-electron chi connectivity index (χ4n) is 2.66. The van der Waals surface area contributed by atoms with Gasteiger partial charge < -0.3 is 10.4 Å². The molecule has 2 heteroatoms. The fraction of sp³-hybridized carbons (Fsp3) is 1.00. The van der Waals surface area contributed by atoms with Gasteiger partial charge in [0.25, 0.3) is 0 Å². The third kappa shape index (κ3) is 4.98. The highest BCUT2D eigenvalue weighted by Crippen LogP contribution is 2.27. The molecule has 0 amide bonds. The molecule has 90 valence electrons. The van der Waals surface area contributed by atoms with Crippen molar-refractivity contribution in [2.45, 2.75) is 65.0 Å². The highest BCUT2D eigenvalue weighted by Gasteiger charge is 2.23. The minimum Gasteiger partial charge on any atom is -0.393 e. The maximum atomic E-state index is 9.27. The Labute approximate surface area is 94.5 Å². The van der Waals surface area contributed by atoms with Gasteiger partial charge in [0, 0.05) is 6.04 Å². The van der Waals surface area contributed by atoms with Crippen LogP contribution in [0, 0.1) is 11.8 Å². The molecule has 2 nitrogen and oxygen atoms in total. The second-order valence-corrected chi connectivity index (χ2v) is 5.38. The first kappa shape index (κ1) is 13.0. The molecule has 0 radical (unpaired) electrons. The van der Waals surface area contributed by atoms with Crippen molar-refractivity contribution in [2.24, 2.45) is 11.8 Å². The number of aliphatic hydroxyl groups excluding tert-OH is 1. The summed E-state index contributed by atoms with van der Waals surface area (Å²) in [6.07, 6.45) is 6.20. The van der Waals surface area contributed by atoms with Crippen LogP contribution in [0.5, 0.6) is 0 Å². The third-order valence-corrected chi connectivity index (χ3v) is 3.62. The van der Waals surface area contributed by atoms with Gasteiger partial charge in [-0.05, 0) is 51.0 Å². The van der Waals surface area contributed by atoms with E-state index in [1.54, 1.807) is 0 Å². The summed E-state index contributed by atoms with van der Waals surface area (Å²) in [6, 6.07) is 0.742. The maximum Gasteiger partial charge on any atom is 0.0515 e. The SMILES string of the molecule is CCC1CCC(NCC(C)CC(C)O)C1. The zero-order chi connectivity index (χ0) is 11.3. The topological polar surface area (TPSA) is 32.3 Å². The number of rotatable bonds is 6. The van der Waals surface area contributed by atoms with E-state index in [1.807, 2.05) is 6.92 Å². The molecule has 0 aromatic rings. The van der Waals surface area contributed by atoms with E-state index in [9.17, 15) is 5.11 Å². The summed E-state index contributed by atoms with van der Waals surface area (Å²) in [5, 5.41) is 12.9. The van der Waals surface area contributed by atoms with Crippen molar-refractivity contribution >= 4 is 0 Å². The van der Waals surface area contributed by atoms with Crippen LogP contribution in [0.1, 0.15) is 52.9 Å². The monoisotopic (exact) mass is 213 g/mol. The Morgan fingerprint density at radius 1 is 1.33 bits per heavy atom. The van der Waals surface area contributed by atoms with Crippen LogP contribution >= 0.6 is 0 Å². The first-order chi connectivity index (χ1) is 7.11. The molecule has 0 aromatic carbocycles. The summed E-state index contributed by atoms with van der Waals surface area (Å²) in [5.41, 5.74) is 0. The van der Waals surface area contributed by atoms with Gasteiger partial charge in [0.2, 0.25) is 0 Å². The molecule has 0 aromatic heterocycles. The minimum absolute atomic E-state index is 0.159. The van der Waals surface area contributed by atoms with Crippen LogP contribution in [0.15, 0.2) is 0 Å². The molecule has 2 N–H and O–H groups in total. The van der Waals surface area contributed by atoms with Crippen LogP contribution in [0.2, 0.25) is 0 Å². The Kier molecular flexibility index (Phi) is 5.62. The van der Waals surface area contributed by atoms with E-state index in [4.69, 9.17) is 0 Å². The molecule has 4 unspecified atom stereocenters. The van der Waals surface area contributed by atoms with Crippen molar-refractivity contribution in [3.8, 4) is 0 Å². The molecule has 4 atom stereocenters. The Bertz CT molecular complexity index is 170. The van der Waals surface area contributed by atoms with Gasteiger partial charge in [0.15, 0.2) is 0 Å². The van der Waals surface area contributed by atoms with Crippen LogP contribution in [0.25, 0.3) is 0 Å². The zero-order valence-electron chi connectivity index (χ0n) is 10.5. The van der Waals surface area contributed by atoms with Crippen LogP contribution < -0.4 is 5.32 Å². The smallest absolute Gasteiger partial charge is 0.0515 e. The van der Waals surface area contributed by atoms with Crippen LogP contribution in [0.3, 0.4) is 0 Å². The Hall–Kier alpha value is -0.0800. The largest absolute Gasteiger partial charge is 0.393 e. The van der Waals surface area contributed by atoms with Gasteiger partial charge in [-0.25, -0.2) is 0 Å². The summed E-state index contributed by atoms with van der Waals surface area (Å²) in [4.78, 5) is 0. The summed E-state index contributed by atoms with van der Waals surface area (Å²) in [5.74, 6) is 1.54. The normalized spacial score (nSPS) is 30.4. The number of nitrogens with one attached hydrogen (secondary N) is 1. The van der Waals surface area contributed by atoms with Crippen LogP contribution in [-0.2, 0) is 0 Å². The lowest BCUT2D eigenvalue weighted by Gasteiger charge is -2.18. The van der Waals surface area contributed by atoms with Crippen LogP contribution in [-0.4, -0.2) is 23.8 Å². The summed E-state index contributed by atoms with van der Waals surface area (Å²) >= 11 is 0. The van der Waals surface area contributed by atoms with E-state index in [0.717, 1.165) is 24.9 Å². The second-order valence-electron chi connectivity index (χ2n) is 5.38. The highest BCUT2D eigenvalue weighted by atomic mass is 16.3. The maximum absolute atomic E-state index is 9.27. The fourth-order valence-corrected chi connectivity index (χ4v) is 2.66. The molecule has 0 saturated heterocycles. The number of aliphatic hydroxyl groups is 1. The lowest BCUT2D eigenvalue weighted by molar-refractivity contribution is 0.162. The van der Waals surface area contributed by atoms with Crippen molar-refractivity contribution in [1.82, 2.24) is 5.32 Å². The molecule has 15 heavy (non-hydrogen) atoms. The van der Waals surface area contributed by atoms with Crippen molar-refractivity contribution in [3.05, 3.63) is 0 Å². The van der Waals surface area contributed by atoms with E-state index in [0.29, 0.717) is 5.92 Å². The summed E-state index contributed by atoms with van der Waals surface area (Å²) in [7, 11) is 0. The van der Waals surface area contributed by atoms with Gasteiger partial charge in [0.05, 0.1) is 6.10 Å². The number of hydrogen-bond acceptors (Lipinski definition) is 2. The summed E-state index contributed by atoms with van der Waals surface area (Å²) < 4.78 is 0. The Morgan fingerprint density at radius 3 is 2.60 bits per heavy atom. The van der Waals surface area contributed by atoms with Gasteiger partial charge in [-0.2, -0.15) is 0 Å². The lowest BCUT2D eigenvalue weighted by atomic mass is 10.0. The lowest BCUT2D eigenvalue weighted by Crippen LogP contribution is -2.31. The molecule has 0 heterocycles. The second kappa shape index (κ2) is 6.49. The van der Waals surface area contributed by atoms with Gasteiger partial charge in [-0.15, -0.1) is 0 Å². The van der Waals surface area contributed by atoms with E-state index in [1.165, 1.54) is 25.7 Å². The molecule has 1 aliphatic carbocycles. The molecular weight excluding hydrogens is 186 g/mol. The van der Waals surface area contributed by atoms with Crippen molar-refractivity contribution in [3.63, 3.8) is 0 Å². The minimum atomic E-state index is -0.159. The average Bonchev–Trinajstić information content (AvgIpc) is 2.61. The van der Waals surface area contributed by atoms with E-state index < -0.39 is 0 Å². The van der Waals surface area contributed by atoms with Gasteiger partial charge in [-0.1, -0.05) is 20.3 Å². The molecule has 0 aliphatic heterocycles. The first-order valence-electron chi connectivity index (χ1n) is 6.53. The van der Waals surface area contributed by atoms with E-state index >= 15 is 0 Å². The molecule has 0 spiro atoms. The number of hydrogen-bond donors (Lipinski definition) is 2. The van der Waals surface area contributed by atoms with Crippen molar-refractivity contribution in [2.75, 3.05) is 6.54 Å².